The predicted octanol–water partition coefficient (Wildman–Crippen LogP) is -1.31. The molecule has 0 saturated carbocycles. The summed E-state index contributed by atoms with van der Waals surface area (Å²) in [6.07, 6.45) is -5.32. The number of nitrogens with one attached hydrogen (secondary N) is 1. The lowest BCUT2D eigenvalue weighted by atomic mass is 10.1. The highest BCUT2D eigenvalue weighted by atomic mass is 31.3. The third-order valence-corrected chi connectivity index (χ3v) is 7.82. The minimum atomic E-state index is -5.86. The van der Waals surface area contributed by atoms with Crippen molar-refractivity contribution in [3.8, 4) is 0 Å². The lowest BCUT2D eigenvalue weighted by molar-refractivity contribution is -0.203. The zero-order valence-electron chi connectivity index (χ0n) is 16.0. The molecule has 1 aliphatic heterocycles. The molecule has 6 atom stereocenters. The van der Waals surface area contributed by atoms with Crippen LogP contribution in [0.2, 0.25) is 0 Å². The summed E-state index contributed by atoms with van der Waals surface area (Å²) in [5, 5.41) is 20.3. The summed E-state index contributed by atoms with van der Waals surface area (Å²) in [5.41, 5.74) is -1.04. The van der Waals surface area contributed by atoms with Crippen molar-refractivity contribution in [2.45, 2.75) is 31.2 Å². The number of aliphatic hydroxyl groups is 2. The van der Waals surface area contributed by atoms with Crippen LogP contribution in [0.3, 0.4) is 0 Å². The lowest BCUT2D eigenvalue weighted by Crippen LogP contribution is -2.42. The molecule has 1 aliphatic rings. The highest BCUT2D eigenvalue weighted by Gasteiger charge is 2.57. The maximum Gasteiger partial charge on any atom is 0.490 e. The van der Waals surface area contributed by atoms with Crippen LogP contribution < -0.4 is 5.56 Å². The Morgan fingerprint density at radius 3 is 2.45 bits per heavy atom. The topological polar surface area (TPSA) is 273 Å². The summed E-state index contributed by atoms with van der Waals surface area (Å²) in [6.45, 7) is -0.272. The van der Waals surface area contributed by atoms with Crippen LogP contribution in [0.25, 0.3) is 11.2 Å². The number of aryl methyl sites for hydroxylation is 1. The molecule has 7 N–H and O–H groups in total. The first-order valence-electron chi connectivity index (χ1n) is 8.38. The minimum absolute atomic E-state index is 0.126. The maximum atomic E-state index is 15.1. The van der Waals surface area contributed by atoms with E-state index in [1.165, 1.54) is 6.92 Å². The summed E-state index contributed by atoms with van der Waals surface area (Å²) in [5.74, 6) is -3.30. The van der Waals surface area contributed by atoms with E-state index in [4.69, 9.17) is 19.4 Å². The van der Waals surface area contributed by atoms with Crippen molar-refractivity contribution in [1.82, 2.24) is 19.5 Å². The van der Waals surface area contributed by atoms with Gasteiger partial charge in [-0.1, -0.05) is 0 Å². The van der Waals surface area contributed by atoms with Crippen molar-refractivity contribution in [3.05, 3.63) is 22.5 Å². The van der Waals surface area contributed by atoms with E-state index in [9.17, 15) is 33.6 Å². The number of nitrogens with zero attached hydrogens (tertiary/aromatic N) is 3. The van der Waals surface area contributed by atoms with Gasteiger partial charge in [-0.05, 0) is 6.92 Å². The molecule has 3 rings (SSSR count). The maximum absolute atomic E-state index is 15.1. The Bertz CT molecular complexity index is 1260. The molecular formula is C11H16FN4O14P3. The van der Waals surface area contributed by atoms with Gasteiger partial charge in [0.1, 0.15) is 24.6 Å². The molecule has 0 aromatic carbocycles. The summed E-state index contributed by atoms with van der Waals surface area (Å²) in [7, 11) is -17.3. The standard InChI is InChI=1S/C11H16FN4O14P3/c1-4-14-8-5(9(19)15-4)13-3-16(8)10-6(17)7(18)11(12,28-10)2-27-32(23,24)30-33(25,26)29-31(20,21)22/h3,6-7,10,17-18H,2H2,1H3,(H,23,24)(H,25,26)(H,14,15,19)(H2,20,21,22)/t6-,7+,10-,11-/m1/s1. The number of ether oxygens (including phenoxy) is 1. The van der Waals surface area contributed by atoms with E-state index in [2.05, 4.69) is 28.1 Å². The molecule has 1 saturated heterocycles. The number of phosphoric ester groups is 1. The first-order chi connectivity index (χ1) is 14.9. The Kier molecular flexibility index (Phi) is 6.87. The monoisotopic (exact) mass is 540 g/mol. The van der Waals surface area contributed by atoms with Gasteiger partial charge in [-0.25, -0.2) is 28.1 Å². The van der Waals surface area contributed by atoms with Crippen molar-refractivity contribution in [3.63, 3.8) is 0 Å². The summed E-state index contributed by atoms with van der Waals surface area (Å²) >= 11 is 0. The number of halogens is 1. The van der Waals surface area contributed by atoms with Gasteiger partial charge in [0.2, 0.25) is 0 Å². The van der Waals surface area contributed by atoms with Crippen molar-refractivity contribution in [2.75, 3.05) is 6.61 Å². The zero-order valence-corrected chi connectivity index (χ0v) is 18.7. The predicted molar refractivity (Wildman–Crippen MR) is 98.7 cm³/mol. The highest BCUT2D eigenvalue weighted by Crippen LogP contribution is 2.66. The van der Waals surface area contributed by atoms with Gasteiger partial charge in [-0.2, -0.15) is 8.62 Å². The van der Waals surface area contributed by atoms with Gasteiger partial charge in [0, 0.05) is 0 Å². The van der Waals surface area contributed by atoms with E-state index in [1.54, 1.807) is 0 Å². The normalized spacial score (nSPS) is 29.8. The molecule has 0 amide bonds. The van der Waals surface area contributed by atoms with Crippen molar-refractivity contribution in [1.29, 1.82) is 0 Å². The third kappa shape index (κ3) is 5.80. The molecule has 33 heavy (non-hydrogen) atoms. The molecule has 0 spiro atoms. The van der Waals surface area contributed by atoms with E-state index in [0.29, 0.717) is 0 Å². The molecule has 2 unspecified atom stereocenters. The number of aromatic amines is 1. The number of hydrogen-bond donors (Lipinski definition) is 7. The molecule has 18 nitrogen and oxygen atoms in total. The fourth-order valence-corrected chi connectivity index (χ4v) is 5.82. The molecule has 0 aliphatic carbocycles. The molecule has 22 heteroatoms. The molecule has 0 bridgehead atoms. The molecule has 3 heterocycles. The number of rotatable bonds is 8. The quantitative estimate of drug-likeness (QED) is 0.191. The Morgan fingerprint density at radius 2 is 1.85 bits per heavy atom. The van der Waals surface area contributed by atoms with Crippen LogP contribution in [0.5, 0.6) is 0 Å². The van der Waals surface area contributed by atoms with Gasteiger partial charge < -0.3 is 39.5 Å². The molecule has 0 radical (unpaired) electrons. The average molecular weight is 540 g/mol. The van der Waals surface area contributed by atoms with Crippen LogP contribution in [-0.2, 0) is 31.6 Å². The Labute approximate surface area is 181 Å². The lowest BCUT2D eigenvalue weighted by Gasteiger charge is -2.24. The van der Waals surface area contributed by atoms with Crippen LogP contribution in [0.1, 0.15) is 12.1 Å². The number of aromatic nitrogens is 4. The summed E-state index contributed by atoms with van der Waals surface area (Å²) < 4.78 is 65.7. The third-order valence-electron chi connectivity index (χ3n) is 4.04. The fraction of sp³-hybridized carbons (Fsp3) is 0.545. The largest absolute Gasteiger partial charge is 0.490 e. The van der Waals surface area contributed by atoms with E-state index in [0.717, 1.165) is 10.9 Å². The summed E-state index contributed by atoms with van der Waals surface area (Å²) in [6, 6.07) is 0. The number of phosphoric acid groups is 3. The van der Waals surface area contributed by atoms with Crippen molar-refractivity contribution in [2.24, 2.45) is 0 Å². The van der Waals surface area contributed by atoms with Crippen molar-refractivity contribution >= 4 is 34.6 Å². The second kappa shape index (κ2) is 8.66. The molecule has 186 valence electrons. The number of fused-ring (bicyclic) bond motifs is 1. The van der Waals surface area contributed by atoms with Gasteiger partial charge >= 0.3 is 23.5 Å². The zero-order chi connectivity index (χ0) is 25.0. The average Bonchev–Trinajstić information content (AvgIpc) is 3.12. The van der Waals surface area contributed by atoms with E-state index >= 15 is 4.39 Å². The Hall–Kier alpha value is -1.43. The SMILES string of the molecule is Cc1nc2c(ncn2[C@@H]2O[C@](F)(COP(=O)(O)OP(=O)(O)OP(=O)(O)O)[C@@H](O)[C@H]2O)c(=O)[nH]1. The molecule has 2 aromatic rings. The van der Waals surface area contributed by atoms with E-state index in [-0.39, 0.29) is 17.0 Å². The molecule has 2 aromatic heterocycles. The van der Waals surface area contributed by atoms with Gasteiger partial charge in [0.05, 0.1) is 6.33 Å². The highest BCUT2D eigenvalue weighted by molar-refractivity contribution is 7.66. The Balaban J connectivity index is 1.79. The van der Waals surface area contributed by atoms with Gasteiger partial charge in [-0.15, -0.1) is 0 Å². The van der Waals surface area contributed by atoms with Crippen LogP contribution in [0.15, 0.2) is 11.1 Å². The number of H-pyrrole nitrogens is 1. The number of hydrogen-bond acceptors (Lipinski definition) is 12. The van der Waals surface area contributed by atoms with Crippen molar-refractivity contribution < 1.29 is 65.8 Å². The fourth-order valence-electron chi connectivity index (χ4n) is 2.79. The van der Waals surface area contributed by atoms with Gasteiger partial charge in [0.15, 0.2) is 17.4 Å². The number of alkyl halides is 1. The van der Waals surface area contributed by atoms with Crippen LogP contribution in [-0.4, -0.2) is 74.0 Å². The van der Waals surface area contributed by atoms with Gasteiger partial charge in [-0.3, -0.25) is 13.9 Å². The van der Waals surface area contributed by atoms with Crippen LogP contribution >= 0.6 is 23.5 Å². The first-order valence-corrected chi connectivity index (χ1v) is 12.9. The van der Waals surface area contributed by atoms with Crippen LogP contribution in [0.4, 0.5) is 4.39 Å². The number of imidazole rings is 1. The Morgan fingerprint density at radius 1 is 1.21 bits per heavy atom. The van der Waals surface area contributed by atoms with E-state index in [1.807, 2.05) is 0 Å². The number of aliphatic hydroxyl groups excluding tert-OH is 2. The second-order valence-electron chi connectivity index (χ2n) is 6.57. The smallest absolute Gasteiger partial charge is 0.385 e. The minimum Gasteiger partial charge on any atom is -0.385 e. The van der Waals surface area contributed by atoms with E-state index < -0.39 is 59.9 Å². The first kappa shape index (κ1) is 26.2. The van der Waals surface area contributed by atoms with Gasteiger partial charge in [0.25, 0.3) is 11.4 Å². The molecular weight excluding hydrogens is 524 g/mol. The summed E-state index contributed by atoms with van der Waals surface area (Å²) in [4.78, 5) is 57.5. The second-order valence-corrected chi connectivity index (χ2v) is 11.0. The molecule has 1 fully saturated rings. The van der Waals surface area contributed by atoms with Crippen LogP contribution in [0, 0.1) is 6.92 Å².